The molecule has 0 saturated carbocycles. The van der Waals surface area contributed by atoms with Gasteiger partial charge >= 0.3 is 0 Å². The second-order valence-electron chi connectivity index (χ2n) is 9.37. The Balaban J connectivity index is 1.31. The van der Waals surface area contributed by atoms with Gasteiger partial charge in [0, 0.05) is 35.3 Å². The first-order valence-corrected chi connectivity index (χ1v) is 12.6. The van der Waals surface area contributed by atoms with Crippen molar-refractivity contribution in [1.29, 1.82) is 0 Å². The van der Waals surface area contributed by atoms with Gasteiger partial charge in [0.15, 0.2) is 16.8 Å². The largest absolute Gasteiger partial charge is 0.455 e. The van der Waals surface area contributed by atoms with Gasteiger partial charge in [0.05, 0.1) is 10.9 Å². The highest BCUT2D eigenvalue weighted by atomic mass is 16.3. The first kappa shape index (κ1) is 22.9. The fourth-order valence-corrected chi connectivity index (χ4v) is 4.95. The number of amides is 1. The van der Waals surface area contributed by atoms with Crippen LogP contribution in [0.5, 0.6) is 0 Å². The molecular formula is C30H26N4O3. The number of hydrogen-bond acceptors (Lipinski definition) is 5. The van der Waals surface area contributed by atoms with Gasteiger partial charge < -0.3 is 14.3 Å². The van der Waals surface area contributed by atoms with E-state index >= 15 is 0 Å². The fraction of sp³-hybridized carbons (Fsp3) is 0.200. The number of nitrogens with one attached hydrogen (secondary N) is 1. The molecule has 0 atom stereocenters. The van der Waals surface area contributed by atoms with Gasteiger partial charge in [-0.15, -0.1) is 10.2 Å². The molecule has 6 rings (SSSR count). The summed E-state index contributed by atoms with van der Waals surface area (Å²) in [5, 5.41) is 12.1. The molecule has 0 radical (unpaired) electrons. The summed E-state index contributed by atoms with van der Waals surface area (Å²) in [5.41, 5.74) is 3.33. The Morgan fingerprint density at radius 2 is 1.70 bits per heavy atom. The third kappa shape index (κ3) is 4.22. The van der Waals surface area contributed by atoms with Crippen molar-refractivity contribution in [2.24, 2.45) is 0 Å². The highest BCUT2D eigenvalue weighted by Crippen LogP contribution is 2.28. The number of carbonyl (C=O) groups excluding carboxylic acids is 1. The van der Waals surface area contributed by atoms with Gasteiger partial charge in [-0.1, -0.05) is 42.8 Å². The molecule has 0 fully saturated rings. The predicted molar refractivity (Wildman–Crippen MR) is 144 cm³/mol. The number of aryl methyl sites for hydroxylation is 1. The number of aromatic nitrogens is 3. The Bertz CT molecular complexity index is 1670. The van der Waals surface area contributed by atoms with Crippen molar-refractivity contribution in [3.05, 3.63) is 100.0 Å². The van der Waals surface area contributed by atoms with Crippen LogP contribution < -0.4 is 10.7 Å². The molecule has 1 N–H and O–H groups in total. The first-order chi connectivity index (χ1) is 18.1. The van der Waals surface area contributed by atoms with Crippen LogP contribution in [0.4, 0.5) is 5.69 Å². The van der Waals surface area contributed by atoms with Crippen LogP contribution >= 0.6 is 0 Å². The van der Waals surface area contributed by atoms with E-state index in [9.17, 15) is 9.59 Å². The smallest absolute Gasteiger partial charge is 0.259 e. The van der Waals surface area contributed by atoms with Crippen LogP contribution in [-0.4, -0.2) is 20.7 Å². The molecule has 184 valence electrons. The highest BCUT2D eigenvalue weighted by molar-refractivity contribution is 6.11. The Morgan fingerprint density at radius 3 is 2.51 bits per heavy atom. The van der Waals surface area contributed by atoms with Crippen LogP contribution in [0.25, 0.3) is 33.7 Å². The van der Waals surface area contributed by atoms with Gasteiger partial charge in [-0.2, -0.15) is 0 Å². The molecule has 0 bridgehead atoms. The summed E-state index contributed by atoms with van der Waals surface area (Å²) in [6, 6.07) is 22.1. The lowest BCUT2D eigenvalue weighted by atomic mass is 10.0. The number of benzene rings is 3. The van der Waals surface area contributed by atoms with E-state index < -0.39 is 0 Å². The molecule has 1 aliphatic heterocycles. The number of anilines is 1. The molecular weight excluding hydrogens is 464 g/mol. The zero-order chi connectivity index (χ0) is 25.4. The van der Waals surface area contributed by atoms with E-state index in [0.29, 0.717) is 28.0 Å². The molecule has 0 aliphatic carbocycles. The van der Waals surface area contributed by atoms with Crippen molar-refractivity contribution in [1.82, 2.24) is 14.8 Å². The predicted octanol–water partition coefficient (Wildman–Crippen LogP) is 6.01. The summed E-state index contributed by atoms with van der Waals surface area (Å²) >= 11 is 0. The summed E-state index contributed by atoms with van der Waals surface area (Å²) in [6.07, 6.45) is 4.42. The van der Waals surface area contributed by atoms with E-state index in [1.807, 2.05) is 54.6 Å². The molecule has 1 aliphatic rings. The molecule has 1 amide bonds. The average Bonchev–Trinajstić information content (AvgIpc) is 3.19. The maximum Gasteiger partial charge on any atom is 0.259 e. The van der Waals surface area contributed by atoms with E-state index in [-0.39, 0.29) is 16.9 Å². The van der Waals surface area contributed by atoms with Crippen molar-refractivity contribution in [2.75, 3.05) is 5.32 Å². The average molecular weight is 491 g/mol. The summed E-state index contributed by atoms with van der Waals surface area (Å²) < 4.78 is 8.40. The van der Waals surface area contributed by atoms with E-state index in [1.165, 1.54) is 6.42 Å². The molecule has 5 aromatic rings. The summed E-state index contributed by atoms with van der Waals surface area (Å²) in [4.78, 5) is 26.4. The summed E-state index contributed by atoms with van der Waals surface area (Å²) in [7, 11) is 0. The third-order valence-electron chi connectivity index (χ3n) is 6.94. The topological polar surface area (TPSA) is 90.0 Å². The molecule has 37 heavy (non-hydrogen) atoms. The molecule has 3 heterocycles. The third-order valence-corrected chi connectivity index (χ3v) is 6.94. The second kappa shape index (κ2) is 9.50. The van der Waals surface area contributed by atoms with E-state index in [0.717, 1.165) is 48.6 Å². The van der Waals surface area contributed by atoms with Crippen LogP contribution in [-0.2, 0) is 13.0 Å². The zero-order valence-corrected chi connectivity index (χ0v) is 20.5. The number of rotatable bonds is 4. The normalized spacial score (nSPS) is 13.2. The van der Waals surface area contributed by atoms with Crippen LogP contribution in [0.1, 0.15) is 41.0 Å². The number of fused-ring (bicyclic) bond motifs is 2. The first-order valence-electron chi connectivity index (χ1n) is 12.6. The summed E-state index contributed by atoms with van der Waals surface area (Å²) in [5.74, 6) is 2.01. The lowest BCUT2D eigenvalue weighted by Gasteiger charge is -2.11. The minimum absolute atomic E-state index is 0.147. The van der Waals surface area contributed by atoms with Gasteiger partial charge in [-0.05, 0) is 56.2 Å². The second-order valence-corrected chi connectivity index (χ2v) is 9.37. The standard InChI is InChI=1S/C30H26N4O3/c1-19-26(35)23-11-8-12-24(28(23)37-27(19)20-9-4-2-5-10-20)30(36)31-22-16-14-21(15-17-22)29-33-32-25-13-6-3-7-18-34(25)29/h2,4-5,8-12,14-17H,3,6-7,13,18H2,1H3,(H,31,36). The molecule has 7 nitrogen and oxygen atoms in total. The van der Waals surface area contributed by atoms with Crippen molar-refractivity contribution in [2.45, 2.75) is 39.2 Å². The number of hydrogen-bond donors (Lipinski definition) is 1. The zero-order valence-electron chi connectivity index (χ0n) is 20.5. The molecule has 0 unspecified atom stereocenters. The minimum Gasteiger partial charge on any atom is -0.455 e. The molecule has 0 spiro atoms. The van der Waals surface area contributed by atoms with Gasteiger partial charge in [-0.25, -0.2) is 0 Å². The van der Waals surface area contributed by atoms with Gasteiger partial charge in [0.1, 0.15) is 11.6 Å². The Morgan fingerprint density at radius 1 is 0.892 bits per heavy atom. The number of nitrogens with zero attached hydrogens (tertiary/aromatic N) is 3. The Kier molecular flexibility index (Phi) is 5.88. The summed E-state index contributed by atoms with van der Waals surface area (Å²) in [6.45, 7) is 2.67. The van der Waals surface area contributed by atoms with Crippen LogP contribution in [0, 0.1) is 6.92 Å². The van der Waals surface area contributed by atoms with Crippen LogP contribution in [0.15, 0.2) is 82.0 Å². The number of para-hydroxylation sites is 1. The van der Waals surface area contributed by atoms with Crippen molar-refractivity contribution in [3.8, 4) is 22.7 Å². The van der Waals surface area contributed by atoms with E-state index in [4.69, 9.17) is 4.42 Å². The van der Waals surface area contributed by atoms with Crippen LogP contribution in [0.3, 0.4) is 0 Å². The van der Waals surface area contributed by atoms with Crippen molar-refractivity contribution >= 4 is 22.6 Å². The Hall–Kier alpha value is -4.52. The molecule has 2 aromatic heterocycles. The number of carbonyl (C=O) groups is 1. The van der Waals surface area contributed by atoms with Gasteiger partial charge in [0.25, 0.3) is 5.91 Å². The monoisotopic (exact) mass is 490 g/mol. The van der Waals surface area contributed by atoms with Crippen LogP contribution in [0.2, 0.25) is 0 Å². The minimum atomic E-state index is -0.347. The lowest BCUT2D eigenvalue weighted by Crippen LogP contribution is -2.15. The van der Waals surface area contributed by atoms with Gasteiger partial charge in [0.2, 0.25) is 0 Å². The SMILES string of the molecule is Cc1c(-c2ccccc2)oc2c(C(=O)Nc3ccc(-c4nnc5n4CCCCC5)cc3)cccc2c1=O. The van der Waals surface area contributed by atoms with Crippen molar-refractivity contribution in [3.63, 3.8) is 0 Å². The molecule has 0 saturated heterocycles. The Labute approximate surface area is 213 Å². The quantitative estimate of drug-likeness (QED) is 0.333. The van der Waals surface area contributed by atoms with E-state index in [2.05, 4.69) is 20.1 Å². The molecule has 7 heteroatoms. The molecule has 3 aromatic carbocycles. The maximum atomic E-state index is 13.3. The van der Waals surface area contributed by atoms with E-state index in [1.54, 1.807) is 25.1 Å². The highest BCUT2D eigenvalue weighted by Gasteiger charge is 2.19. The fourth-order valence-electron chi connectivity index (χ4n) is 4.95. The van der Waals surface area contributed by atoms with Crippen molar-refractivity contribution < 1.29 is 9.21 Å². The maximum absolute atomic E-state index is 13.3. The van der Waals surface area contributed by atoms with Gasteiger partial charge in [-0.3, -0.25) is 9.59 Å². The lowest BCUT2D eigenvalue weighted by molar-refractivity contribution is 0.102.